The standard InChI is InChI=1S/C14H19N3O3/c1-3-18-10-14(2,15)13-16-12(20-17-13)9-19-11-7-5-4-6-8-11/h4-8H,3,9-10,15H2,1-2H3. The summed E-state index contributed by atoms with van der Waals surface area (Å²) in [7, 11) is 0. The fourth-order valence-electron chi connectivity index (χ4n) is 1.59. The first-order valence-corrected chi connectivity index (χ1v) is 6.49. The number of nitrogens with two attached hydrogens (primary N) is 1. The van der Waals surface area contributed by atoms with Crippen LogP contribution in [0.4, 0.5) is 0 Å². The second kappa shape index (κ2) is 6.49. The van der Waals surface area contributed by atoms with Gasteiger partial charge in [0, 0.05) is 6.61 Å². The molecule has 0 saturated heterocycles. The zero-order valence-electron chi connectivity index (χ0n) is 11.7. The lowest BCUT2D eigenvalue weighted by molar-refractivity contribution is 0.0962. The van der Waals surface area contributed by atoms with Crippen molar-refractivity contribution in [3.05, 3.63) is 42.0 Å². The predicted octanol–water partition coefficient (Wildman–Crippen LogP) is 1.86. The number of para-hydroxylation sites is 1. The lowest BCUT2D eigenvalue weighted by Crippen LogP contribution is -2.39. The van der Waals surface area contributed by atoms with Gasteiger partial charge in [-0.25, -0.2) is 0 Å². The number of nitrogens with zero attached hydrogens (tertiary/aromatic N) is 2. The Balaban J connectivity index is 1.95. The summed E-state index contributed by atoms with van der Waals surface area (Å²) in [5, 5.41) is 3.88. The van der Waals surface area contributed by atoms with Gasteiger partial charge < -0.3 is 19.7 Å². The molecular weight excluding hydrogens is 258 g/mol. The Morgan fingerprint density at radius 1 is 1.30 bits per heavy atom. The molecule has 6 heteroatoms. The zero-order chi connectivity index (χ0) is 14.4. The third-order valence-corrected chi connectivity index (χ3v) is 2.69. The van der Waals surface area contributed by atoms with Crippen molar-refractivity contribution in [1.29, 1.82) is 0 Å². The molecule has 1 atom stereocenters. The average molecular weight is 277 g/mol. The molecule has 2 rings (SSSR count). The maximum Gasteiger partial charge on any atom is 0.264 e. The van der Waals surface area contributed by atoms with Crippen molar-refractivity contribution in [1.82, 2.24) is 10.1 Å². The summed E-state index contributed by atoms with van der Waals surface area (Å²) in [6.07, 6.45) is 0. The molecule has 6 nitrogen and oxygen atoms in total. The average Bonchev–Trinajstić information content (AvgIpc) is 2.94. The summed E-state index contributed by atoms with van der Waals surface area (Å²) in [4.78, 5) is 4.24. The van der Waals surface area contributed by atoms with Crippen LogP contribution in [-0.2, 0) is 16.9 Å². The van der Waals surface area contributed by atoms with E-state index in [9.17, 15) is 0 Å². The molecule has 0 amide bonds. The molecule has 0 spiro atoms. The fourth-order valence-corrected chi connectivity index (χ4v) is 1.59. The first-order valence-electron chi connectivity index (χ1n) is 6.49. The number of hydrogen-bond donors (Lipinski definition) is 1. The highest BCUT2D eigenvalue weighted by Crippen LogP contribution is 2.16. The summed E-state index contributed by atoms with van der Waals surface area (Å²) in [5.41, 5.74) is 5.32. The van der Waals surface area contributed by atoms with E-state index in [0.717, 1.165) is 5.75 Å². The maximum atomic E-state index is 6.09. The topological polar surface area (TPSA) is 83.4 Å². The largest absolute Gasteiger partial charge is 0.484 e. The molecule has 2 aromatic rings. The van der Waals surface area contributed by atoms with E-state index in [2.05, 4.69) is 10.1 Å². The van der Waals surface area contributed by atoms with Crippen molar-refractivity contribution in [3.8, 4) is 5.75 Å². The van der Waals surface area contributed by atoms with E-state index in [0.29, 0.717) is 24.9 Å². The highest BCUT2D eigenvalue weighted by Gasteiger charge is 2.27. The van der Waals surface area contributed by atoms with Crippen molar-refractivity contribution in [2.45, 2.75) is 26.0 Å². The van der Waals surface area contributed by atoms with Gasteiger partial charge in [-0.3, -0.25) is 0 Å². The van der Waals surface area contributed by atoms with Gasteiger partial charge in [0.1, 0.15) is 11.3 Å². The molecular formula is C14H19N3O3. The van der Waals surface area contributed by atoms with Crippen molar-refractivity contribution in [2.24, 2.45) is 5.73 Å². The van der Waals surface area contributed by atoms with Gasteiger partial charge in [0.25, 0.3) is 5.89 Å². The molecule has 2 N–H and O–H groups in total. The third kappa shape index (κ3) is 3.79. The highest BCUT2D eigenvalue weighted by molar-refractivity contribution is 5.20. The van der Waals surface area contributed by atoms with Gasteiger partial charge in [-0.2, -0.15) is 4.98 Å². The van der Waals surface area contributed by atoms with Crippen LogP contribution in [0.2, 0.25) is 0 Å². The molecule has 0 fully saturated rings. The lowest BCUT2D eigenvalue weighted by Gasteiger charge is -2.19. The molecule has 20 heavy (non-hydrogen) atoms. The Labute approximate surface area is 117 Å². The molecule has 1 aromatic carbocycles. The molecule has 0 aliphatic rings. The molecule has 1 unspecified atom stereocenters. The van der Waals surface area contributed by atoms with Gasteiger partial charge in [-0.05, 0) is 26.0 Å². The van der Waals surface area contributed by atoms with Crippen LogP contribution in [0.5, 0.6) is 5.75 Å². The van der Waals surface area contributed by atoms with Crippen LogP contribution in [0.3, 0.4) is 0 Å². The molecule has 1 heterocycles. The highest BCUT2D eigenvalue weighted by atomic mass is 16.5. The van der Waals surface area contributed by atoms with Crippen LogP contribution in [0.1, 0.15) is 25.6 Å². The van der Waals surface area contributed by atoms with Crippen LogP contribution in [-0.4, -0.2) is 23.4 Å². The molecule has 0 aliphatic carbocycles. The van der Waals surface area contributed by atoms with Crippen molar-refractivity contribution in [2.75, 3.05) is 13.2 Å². The molecule has 1 aromatic heterocycles. The van der Waals surface area contributed by atoms with Gasteiger partial charge in [-0.1, -0.05) is 23.4 Å². The Kier molecular flexibility index (Phi) is 4.70. The van der Waals surface area contributed by atoms with E-state index in [1.807, 2.05) is 37.3 Å². The molecule has 0 aliphatic heterocycles. The summed E-state index contributed by atoms with van der Waals surface area (Å²) in [6, 6.07) is 9.44. The minimum Gasteiger partial charge on any atom is -0.484 e. The monoisotopic (exact) mass is 277 g/mol. The Morgan fingerprint density at radius 3 is 2.75 bits per heavy atom. The van der Waals surface area contributed by atoms with Crippen LogP contribution in [0, 0.1) is 0 Å². The number of aromatic nitrogens is 2. The number of benzene rings is 1. The summed E-state index contributed by atoms with van der Waals surface area (Å²) in [6.45, 7) is 4.85. The molecule has 0 bridgehead atoms. The second-order valence-corrected chi connectivity index (χ2v) is 4.67. The van der Waals surface area contributed by atoms with E-state index in [-0.39, 0.29) is 6.61 Å². The van der Waals surface area contributed by atoms with E-state index < -0.39 is 5.54 Å². The SMILES string of the molecule is CCOCC(C)(N)c1noc(COc2ccccc2)n1. The zero-order valence-corrected chi connectivity index (χ0v) is 11.7. The number of rotatable bonds is 7. The Bertz CT molecular complexity index is 525. The lowest BCUT2D eigenvalue weighted by atomic mass is 10.1. The number of hydrogen-bond acceptors (Lipinski definition) is 6. The summed E-state index contributed by atoms with van der Waals surface area (Å²) < 4.78 is 16.0. The van der Waals surface area contributed by atoms with Crippen LogP contribution in [0.15, 0.2) is 34.9 Å². The van der Waals surface area contributed by atoms with Gasteiger partial charge in [0.2, 0.25) is 0 Å². The van der Waals surface area contributed by atoms with Gasteiger partial charge in [0.15, 0.2) is 12.4 Å². The molecule has 0 radical (unpaired) electrons. The van der Waals surface area contributed by atoms with Gasteiger partial charge >= 0.3 is 0 Å². The van der Waals surface area contributed by atoms with Gasteiger partial charge in [0.05, 0.1) is 6.61 Å². The summed E-state index contributed by atoms with van der Waals surface area (Å²) >= 11 is 0. The van der Waals surface area contributed by atoms with Crippen LogP contribution < -0.4 is 10.5 Å². The maximum absolute atomic E-state index is 6.09. The normalized spacial score (nSPS) is 13.9. The Morgan fingerprint density at radius 2 is 2.05 bits per heavy atom. The minimum absolute atomic E-state index is 0.210. The third-order valence-electron chi connectivity index (χ3n) is 2.69. The Hall–Kier alpha value is -1.92. The minimum atomic E-state index is -0.773. The quantitative estimate of drug-likeness (QED) is 0.831. The van der Waals surface area contributed by atoms with E-state index in [1.165, 1.54) is 0 Å². The predicted molar refractivity (Wildman–Crippen MR) is 73.1 cm³/mol. The van der Waals surface area contributed by atoms with Crippen molar-refractivity contribution < 1.29 is 14.0 Å². The first-order chi connectivity index (χ1) is 9.62. The second-order valence-electron chi connectivity index (χ2n) is 4.67. The van der Waals surface area contributed by atoms with Crippen molar-refractivity contribution >= 4 is 0 Å². The first kappa shape index (κ1) is 14.5. The fraction of sp³-hybridized carbons (Fsp3) is 0.429. The molecule has 0 saturated carbocycles. The van der Waals surface area contributed by atoms with Crippen LogP contribution >= 0.6 is 0 Å². The van der Waals surface area contributed by atoms with E-state index >= 15 is 0 Å². The van der Waals surface area contributed by atoms with Gasteiger partial charge in [-0.15, -0.1) is 0 Å². The van der Waals surface area contributed by atoms with E-state index in [4.69, 9.17) is 19.7 Å². The molecule has 108 valence electrons. The smallest absolute Gasteiger partial charge is 0.264 e. The van der Waals surface area contributed by atoms with Crippen molar-refractivity contribution in [3.63, 3.8) is 0 Å². The van der Waals surface area contributed by atoms with E-state index in [1.54, 1.807) is 6.92 Å². The summed E-state index contributed by atoms with van der Waals surface area (Å²) in [5.74, 6) is 1.55. The van der Waals surface area contributed by atoms with Crippen LogP contribution in [0.25, 0.3) is 0 Å². The number of ether oxygens (including phenoxy) is 2.